The molecular weight excluding hydrogens is 303 g/mol. The van der Waals surface area contributed by atoms with Gasteiger partial charge < -0.3 is 5.21 Å². The average Bonchev–Trinajstić information content (AvgIpc) is 3.24. The van der Waals surface area contributed by atoms with Gasteiger partial charge in [-0.05, 0) is 58.3 Å². The second-order valence-corrected chi connectivity index (χ2v) is 12.1. The van der Waals surface area contributed by atoms with Crippen molar-refractivity contribution in [3.63, 3.8) is 0 Å². The van der Waals surface area contributed by atoms with Crippen molar-refractivity contribution in [2.45, 2.75) is 51.6 Å². The first kappa shape index (κ1) is 16.3. The lowest BCUT2D eigenvalue weighted by molar-refractivity contribution is -0.250. The van der Waals surface area contributed by atoms with Crippen LogP contribution in [0.2, 0.25) is 0 Å². The zero-order valence-corrected chi connectivity index (χ0v) is 15.4. The van der Waals surface area contributed by atoms with Crippen molar-refractivity contribution in [3.8, 4) is 0 Å². The third kappa shape index (κ3) is 3.23. The second kappa shape index (κ2) is 5.23. The Bertz CT molecular complexity index is 428. The third-order valence-corrected chi connectivity index (χ3v) is 9.62. The van der Waals surface area contributed by atoms with Crippen LogP contribution in [0, 0.1) is 5.92 Å². The topological polar surface area (TPSA) is 41.5 Å². The van der Waals surface area contributed by atoms with E-state index in [9.17, 15) is 5.21 Å². The number of hydrogen-bond acceptors (Lipinski definition) is 3. The van der Waals surface area contributed by atoms with Gasteiger partial charge >= 0.3 is 0 Å². The van der Waals surface area contributed by atoms with Crippen LogP contribution in [0.5, 0.6) is 0 Å². The van der Waals surface area contributed by atoms with Crippen LogP contribution in [-0.2, 0) is 11.8 Å². The minimum Gasteiger partial charge on any atom is -0.313 e. The molecule has 0 radical (unpaired) electrons. The van der Waals surface area contributed by atoms with Crippen molar-refractivity contribution in [2.75, 3.05) is 32.7 Å². The Labute approximate surface area is 133 Å². The molecule has 0 aromatic carbocycles. The summed E-state index contributed by atoms with van der Waals surface area (Å²) in [4.78, 5) is 0. The fourth-order valence-electron chi connectivity index (χ4n) is 3.88. The van der Waals surface area contributed by atoms with E-state index in [4.69, 9.17) is 11.8 Å². The molecule has 0 aromatic rings. The number of rotatable bonds is 5. The van der Waals surface area contributed by atoms with E-state index in [-0.39, 0.29) is 11.1 Å². The lowest BCUT2D eigenvalue weighted by Gasteiger charge is -2.51. The van der Waals surface area contributed by atoms with E-state index in [0.717, 1.165) is 45.6 Å². The van der Waals surface area contributed by atoms with Crippen LogP contribution in [0.25, 0.3) is 0 Å². The number of nitrogens with zero attached hydrogens (tertiary/aromatic N) is 3. The highest BCUT2D eigenvalue weighted by Crippen LogP contribution is 2.57. The highest BCUT2D eigenvalue weighted by Gasteiger charge is 2.47. The van der Waals surface area contributed by atoms with Gasteiger partial charge in [0, 0.05) is 43.8 Å². The Morgan fingerprint density at radius 3 is 1.86 bits per heavy atom. The SMILES string of the molecule is CC1(C)CC(CNP(=S)(N2CC2)N2CC2)CC(C)(C)N1O. The molecule has 0 unspecified atom stereocenters. The van der Waals surface area contributed by atoms with Gasteiger partial charge in [0.05, 0.1) is 0 Å². The van der Waals surface area contributed by atoms with Gasteiger partial charge in [0.15, 0.2) is 0 Å². The van der Waals surface area contributed by atoms with Crippen LogP contribution >= 0.6 is 6.49 Å². The van der Waals surface area contributed by atoms with Crippen molar-refractivity contribution < 1.29 is 5.21 Å². The van der Waals surface area contributed by atoms with Gasteiger partial charge in [-0.1, -0.05) is 0 Å². The molecule has 122 valence electrons. The third-order valence-electron chi connectivity index (χ3n) is 4.92. The van der Waals surface area contributed by atoms with Gasteiger partial charge in [0.25, 0.3) is 0 Å². The fraction of sp³-hybridized carbons (Fsp3) is 1.00. The summed E-state index contributed by atoms with van der Waals surface area (Å²) in [5, 5.41) is 15.7. The summed E-state index contributed by atoms with van der Waals surface area (Å²) < 4.78 is 4.87. The van der Waals surface area contributed by atoms with Gasteiger partial charge in [0.1, 0.15) is 6.49 Å². The first-order chi connectivity index (χ1) is 9.65. The number of hydroxylamine groups is 2. The van der Waals surface area contributed by atoms with E-state index in [1.807, 2.05) is 0 Å². The zero-order valence-electron chi connectivity index (χ0n) is 13.7. The second-order valence-electron chi connectivity index (χ2n) is 8.02. The summed E-state index contributed by atoms with van der Waals surface area (Å²) in [6.45, 7) is 12.5. The maximum atomic E-state index is 10.4. The fourth-order valence-corrected chi connectivity index (χ4v) is 7.60. The molecule has 0 aliphatic carbocycles. The summed E-state index contributed by atoms with van der Waals surface area (Å²) in [6.07, 6.45) is 2.02. The van der Waals surface area contributed by atoms with Crippen LogP contribution in [0.15, 0.2) is 0 Å². The summed E-state index contributed by atoms with van der Waals surface area (Å²) in [5.74, 6) is 0.570. The first-order valence-corrected chi connectivity index (χ1v) is 10.7. The summed E-state index contributed by atoms with van der Waals surface area (Å²) >= 11 is 5.97. The standard InChI is InChI=1S/C14H29N4OPS/c1-13(2)9-12(10-14(3,4)18(13)19)11-15-20(21,16-5-6-16)17-7-8-17/h12,19H,5-11H2,1-4H3,(H,15,21). The van der Waals surface area contributed by atoms with Gasteiger partial charge in [-0.25, -0.2) is 9.34 Å². The van der Waals surface area contributed by atoms with Crippen LogP contribution < -0.4 is 5.09 Å². The number of hydrogen-bond donors (Lipinski definition) is 2. The van der Waals surface area contributed by atoms with Crippen LogP contribution in [0.3, 0.4) is 0 Å². The largest absolute Gasteiger partial charge is 0.313 e. The Hall–Kier alpha value is 0.450. The average molecular weight is 332 g/mol. The Balaban J connectivity index is 1.64. The molecule has 3 aliphatic heterocycles. The van der Waals surface area contributed by atoms with Gasteiger partial charge in [-0.3, -0.25) is 5.09 Å². The summed E-state index contributed by atoms with van der Waals surface area (Å²) in [7, 11) is 0. The lowest BCUT2D eigenvalue weighted by atomic mass is 9.75. The predicted octanol–water partition coefficient (Wildman–Crippen LogP) is 2.09. The smallest absolute Gasteiger partial charge is 0.143 e. The van der Waals surface area contributed by atoms with E-state index < -0.39 is 6.49 Å². The number of piperidine rings is 1. The predicted molar refractivity (Wildman–Crippen MR) is 89.9 cm³/mol. The van der Waals surface area contributed by atoms with E-state index in [0.29, 0.717) is 5.92 Å². The van der Waals surface area contributed by atoms with E-state index in [1.165, 1.54) is 0 Å². The Kier molecular flexibility index (Phi) is 4.06. The normalized spacial score (nSPS) is 30.5. The molecule has 3 aliphatic rings. The minimum absolute atomic E-state index is 0.170. The molecule has 21 heavy (non-hydrogen) atoms. The van der Waals surface area contributed by atoms with Gasteiger partial charge in [0.2, 0.25) is 0 Å². The van der Waals surface area contributed by atoms with E-state index >= 15 is 0 Å². The maximum Gasteiger partial charge on any atom is 0.143 e. The van der Waals surface area contributed by atoms with Crippen molar-refractivity contribution in [3.05, 3.63) is 0 Å². The zero-order chi connectivity index (χ0) is 15.5. The molecule has 3 fully saturated rings. The van der Waals surface area contributed by atoms with E-state index in [1.54, 1.807) is 5.06 Å². The molecule has 0 bridgehead atoms. The van der Waals surface area contributed by atoms with Crippen molar-refractivity contribution in [1.82, 2.24) is 19.5 Å². The molecule has 3 rings (SSSR count). The van der Waals surface area contributed by atoms with Crippen LogP contribution in [0.4, 0.5) is 0 Å². The number of nitrogens with one attached hydrogen (secondary N) is 1. The Morgan fingerprint density at radius 2 is 1.48 bits per heavy atom. The molecule has 0 saturated carbocycles. The molecule has 2 N–H and O–H groups in total. The molecule has 5 nitrogen and oxygen atoms in total. The minimum atomic E-state index is -1.63. The van der Waals surface area contributed by atoms with Gasteiger partial charge in [-0.15, -0.1) is 0 Å². The first-order valence-electron chi connectivity index (χ1n) is 8.00. The van der Waals surface area contributed by atoms with Crippen LogP contribution in [-0.4, -0.2) is 63.4 Å². The highest BCUT2D eigenvalue weighted by molar-refractivity contribution is 8.11. The molecular formula is C14H29N4OPS. The molecule has 0 spiro atoms. The summed E-state index contributed by atoms with van der Waals surface area (Å²) in [6, 6.07) is 0. The Morgan fingerprint density at radius 1 is 1.05 bits per heavy atom. The highest BCUT2D eigenvalue weighted by atomic mass is 32.4. The molecule has 3 heterocycles. The molecule has 0 atom stereocenters. The monoisotopic (exact) mass is 332 g/mol. The van der Waals surface area contributed by atoms with E-state index in [2.05, 4.69) is 42.1 Å². The maximum absolute atomic E-state index is 10.4. The van der Waals surface area contributed by atoms with Crippen molar-refractivity contribution >= 4 is 18.3 Å². The van der Waals surface area contributed by atoms with Gasteiger partial charge in [-0.2, -0.15) is 5.06 Å². The van der Waals surface area contributed by atoms with Crippen molar-refractivity contribution in [1.29, 1.82) is 0 Å². The quantitative estimate of drug-likeness (QED) is 0.594. The lowest BCUT2D eigenvalue weighted by Crippen LogP contribution is -2.59. The summed E-state index contributed by atoms with van der Waals surface area (Å²) in [5.41, 5.74) is -0.340. The molecule has 7 heteroatoms. The molecule has 0 amide bonds. The molecule has 3 saturated heterocycles. The van der Waals surface area contributed by atoms with Crippen LogP contribution in [0.1, 0.15) is 40.5 Å². The van der Waals surface area contributed by atoms with Crippen molar-refractivity contribution in [2.24, 2.45) is 5.92 Å². The molecule has 0 aromatic heterocycles.